The van der Waals surface area contributed by atoms with Crippen LogP contribution in [0, 0.1) is 0 Å². The fourth-order valence-electron chi connectivity index (χ4n) is 3.50. The zero-order valence-electron chi connectivity index (χ0n) is 15.0. The Kier molecular flexibility index (Phi) is 4.50. The fourth-order valence-corrected chi connectivity index (χ4v) is 3.50. The van der Waals surface area contributed by atoms with E-state index in [0.717, 1.165) is 48.5 Å². The molecule has 27 heavy (non-hydrogen) atoms. The molecule has 7 nitrogen and oxygen atoms in total. The number of anilines is 2. The number of methoxy groups -OCH3 is 1. The maximum Gasteiger partial charge on any atom is 0.340 e. The third-order valence-electron chi connectivity index (χ3n) is 4.87. The standard InChI is InChI=1S/C20H20N4O3/c1-27-20(26)16-13-21-12-15-14(16)6-7-22-19(15)24-10-8-23(9-11-24)17-4-2-3-5-18(17)25/h2-7,12-13,25H,8-11H2,1H3. The molecule has 1 fully saturated rings. The second-order valence-electron chi connectivity index (χ2n) is 6.37. The van der Waals surface area contributed by atoms with E-state index in [1.165, 1.54) is 13.3 Å². The number of aromatic nitrogens is 2. The molecule has 3 aromatic rings. The molecule has 0 saturated carbocycles. The molecule has 2 aromatic heterocycles. The largest absolute Gasteiger partial charge is 0.506 e. The summed E-state index contributed by atoms with van der Waals surface area (Å²) in [6.45, 7) is 3.03. The van der Waals surface area contributed by atoms with Crippen LogP contribution >= 0.6 is 0 Å². The van der Waals surface area contributed by atoms with E-state index < -0.39 is 5.97 Å². The second kappa shape index (κ2) is 7.11. The number of aromatic hydroxyl groups is 1. The van der Waals surface area contributed by atoms with Crippen LogP contribution in [0.4, 0.5) is 11.5 Å². The van der Waals surface area contributed by atoms with Crippen molar-refractivity contribution in [2.45, 2.75) is 0 Å². The van der Waals surface area contributed by atoms with E-state index >= 15 is 0 Å². The molecule has 0 atom stereocenters. The lowest BCUT2D eigenvalue weighted by Gasteiger charge is -2.37. The van der Waals surface area contributed by atoms with Gasteiger partial charge in [0.1, 0.15) is 11.6 Å². The highest BCUT2D eigenvalue weighted by atomic mass is 16.5. The fraction of sp³-hybridized carbons (Fsp3) is 0.250. The summed E-state index contributed by atoms with van der Waals surface area (Å²) in [7, 11) is 1.36. The number of phenolic OH excluding ortho intramolecular Hbond substituents is 1. The van der Waals surface area contributed by atoms with Crippen molar-refractivity contribution in [3.8, 4) is 5.75 Å². The number of rotatable bonds is 3. The topological polar surface area (TPSA) is 78.8 Å². The molecule has 0 radical (unpaired) electrons. The normalized spacial score (nSPS) is 14.4. The molecule has 0 amide bonds. The van der Waals surface area contributed by atoms with Gasteiger partial charge in [-0.1, -0.05) is 12.1 Å². The van der Waals surface area contributed by atoms with Crippen molar-refractivity contribution in [1.82, 2.24) is 9.97 Å². The number of piperazine rings is 1. The molecular weight excluding hydrogens is 344 g/mol. The number of fused-ring (bicyclic) bond motifs is 1. The summed E-state index contributed by atoms with van der Waals surface area (Å²) < 4.78 is 4.86. The first-order chi connectivity index (χ1) is 13.2. The van der Waals surface area contributed by atoms with Gasteiger partial charge >= 0.3 is 5.97 Å². The Morgan fingerprint density at radius 1 is 1.04 bits per heavy atom. The number of carbonyl (C=O) groups excluding carboxylic acids is 1. The number of phenols is 1. The summed E-state index contributed by atoms with van der Waals surface area (Å²) in [6, 6.07) is 9.18. The van der Waals surface area contributed by atoms with E-state index in [1.807, 2.05) is 24.3 Å². The van der Waals surface area contributed by atoms with E-state index in [-0.39, 0.29) is 0 Å². The molecular formula is C20H20N4O3. The molecule has 1 aliphatic heterocycles. The number of ether oxygens (including phenoxy) is 1. The van der Waals surface area contributed by atoms with Crippen molar-refractivity contribution in [2.24, 2.45) is 0 Å². The summed E-state index contributed by atoms with van der Waals surface area (Å²) >= 11 is 0. The number of nitrogens with zero attached hydrogens (tertiary/aromatic N) is 4. The SMILES string of the molecule is COC(=O)c1cncc2c(N3CCN(c4ccccc4O)CC3)nccc12. The Morgan fingerprint density at radius 3 is 2.52 bits per heavy atom. The summed E-state index contributed by atoms with van der Waals surface area (Å²) in [6.07, 6.45) is 4.97. The number of esters is 1. The van der Waals surface area contributed by atoms with Crippen molar-refractivity contribution < 1.29 is 14.6 Å². The minimum absolute atomic E-state index is 0.293. The molecule has 1 aromatic carbocycles. The lowest BCUT2D eigenvalue weighted by atomic mass is 10.1. The minimum Gasteiger partial charge on any atom is -0.506 e. The third-order valence-corrected chi connectivity index (χ3v) is 4.87. The number of pyridine rings is 2. The lowest BCUT2D eigenvalue weighted by molar-refractivity contribution is 0.0602. The van der Waals surface area contributed by atoms with Crippen LogP contribution < -0.4 is 9.80 Å². The molecule has 0 aliphatic carbocycles. The van der Waals surface area contributed by atoms with Crippen LogP contribution in [-0.4, -0.2) is 54.3 Å². The Hall–Kier alpha value is -3.35. The summed E-state index contributed by atoms with van der Waals surface area (Å²) in [5.74, 6) is 0.693. The van der Waals surface area contributed by atoms with Gasteiger partial charge in [-0.05, 0) is 18.2 Å². The first kappa shape index (κ1) is 17.1. The van der Waals surface area contributed by atoms with Crippen molar-refractivity contribution in [3.63, 3.8) is 0 Å². The maximum atomic E-state index is 12.0. The highest BCUT2D eigenvalue weighted by Gasteiger charge is 2.22. The van der Waals surface area contributed by atoms with Crippen molar-refractivity contribution in [3.05, 3.63) is 54.5 Å². The number of para-hydroxylation sites is 2. The average Bonchev–Trinajstić information content (AvgIpc) is 2.73. The van der Waals surface area contributed by atoms with Gasteiger partial charge in [0.25, 0.3) is 0 Å². The van der Waals surface area contributed by atoms with Gasteiger partial charge in [-0.2, -0.15) is 0 Å². The van der Waals surface area contributed by atoms with Crippen LogP contribution in [0.15, 0.2) is 48.9 Å². The average molecular weight is 364 g/mol. The predicted octanol–water partition coefficient (Wildman–Crippen LogP) is 2.45. The van der Waals surface area contributed by atoms with Crippen LogP contribution in [-0.2, 0) is 4.74 Å². The van der Waals surface area contributed by atoms with E-state index in [0.29, 0.717) is 11.3 Å². The smallest absolute Gasteiger partial charge is 0.340 e. The third kappa shape index (κ3) is 3.12. The first-order valence-electron chi connectivity index (χ1n) is 8.78. The van der Waals surface area contributed by atoms with Gasteiger partial charge in [-0.25, -0.2) is 9.78 Å². The lowest BCUT2D eigenvalue weighted by Crippen LogP contribution is -2.46. The quantitative estimate of drug-likeness (QED) is 0.715. The summed E-state index contributed by atoms with van der Waals surface area (Å²) in [5.41, 5.74) is 1.28. The second-order valence-corrected chi connectivity index (χ2v) is 6.37. The highest BCUT2D eigenvalue weighted by molar-refractivity contribution is 6.06. The molecule has 1 saturated heterocycles. The van der Waals surface area contributed by atoms with Crippen LogP contribution in [0.1, 0.15) is 10.4 Å². The summed E-state index contributed by atoms with van der Waals surface area (Å²) in [5, 5.41) is 11.7. The van der Waals surface area contributed by atoms with Crippen LogP contribution in [0.3, 0.4) is 0 Å². The molecule has 7 heteroatoms. The van der Waals surface area contributed by atoms with E-state index in [2.05, 4.69) is 19.8 Å². The van der Waals surface area contributed by atoms with E-state index in [1.54, 1.807) is 18.5 Å². The Labute approximate surface area is 156 Å². The molecule has 3 heterocycles. The Balaban J connectivity index is 1.61. The van der Waals surface area contributed by atoms with Crippen molar-refractivity contribution in [2.75, 3.05) is 43.1 Å². The van der Waals surface area contributed by atoms with Gasteiger partial charge in [-0.15, -0.1) is 0 Å². The highest BCUT2D eigenvalue weighted by Crippen LogP contribution is 2.30. The molecule has 4 rings (SSSR count). The zero-order valence-corrected chi connectivity index (χ0v) is 15.0. The number of hydrogen-bond acceptors (Lipinski definition) is 7. The van der Waals surface area contributed by atoms with Gasteiger partial charge < -0.3 is 19.6 Å². The van der Waals surface area contributed by atoms with Crippen LogP contribution in [0.25, 0.3) is 10.8 Å². The zero-order chi connectivity index (χ0) is 18.8. The number of benzene rings is 1. The molecule has 0 spiro atoms. The van der Waals surface area contributed by atoms with Gasteiger partial charge in [0.05, 0.1) is 18.4 Å². The molecule has 1 N–H and O–H groups in total. The molecule has 138 valence electrons. The maximum absolute atomic E-state index is 12.0. The predicted molar refractivity (Wildman–Crippen MR) is 103 cm³/mol. The Morgan fingerprint density at radius 2 is 1.78 bits per heavy atom. The molecule has 1 aliphatic rings. The first-order valence-corrected chi connectivity index (χ1v) is 8.78. The summed E-state index contributed by atoms with van der Waals surface area (Å²) in [4.78, 5) is 25.1. The van der Waals surface area contributed by atoms with Gasteiger partial charge in [-0.3, -0.25) is 4.98 Å². The van der Waals surface area contributed by atoms with Gasteiger partial charge in [0.15, 0.2) is 0 Å². The Bertz CT molecular complexity index is 984. The number of carbonyl (C=O) groups is 1. The van der Waals surface area contributed by atoms with Gasteiger partial charge in [0, 0.05) is 55.5 Å². The minimum atomic E-state index is -0.408. The molecule has 0 bridgehead atoms. The van der Waals surface area contributed by atoms with Crippen molar-refractivity contribution in [1.29, 1.82) is 0 Å². The van der Waals surface area contributed by atoms with Crippen LogP contribution in [0.2, 0.25) is 0 Å². The van der Waals surface area contributed by atoms with E-state index in [4.69, 9.17) is 4.74 Å². The van der Waals surface area contributed by atoms with Gasteiger partial charge in [0.2, 0.25) is 0 Å². The molecule has 0 unspecified atom stereocenters. The number of hydrogen-bond donors (Lipinski definition) is 1. The monoisotopic (exact) mass is 364 g/mol. The van der Waals surface area contributed by atoms with Crippen molar-refractivity contribution >= 4 is 28.2 Å². The van der Waals surface area contributed by atoms with Crippen LogP contribution in [0.5, 0.6) is 5.75 Å². The van der Waals surface area contributed by atoms with E-state index in [9.17, 15) is 9.90 Å².